The first-order valence-electron chi connectivity index (χ1n) is 6.73. The van der Waals surface area contributed by atoms with Gasteiger partial charge in [-0.3, -0.25) is 9.58 Å². The Morgan fingerprint density at radius 2 is 2.33 bits per heavy atom. The molecular formula is C13H25ClN4. The maximum atomic E-state index is 4.35. The number of hydrogen-bond acceptors (Lipinski definition) is 3. The van der Waals surface area contributed by atoms with Gasteiger partial charge in [-0.1, -0.05) is 6.92 Å². The average Bonchev–Trinajstić information content (AvgIpc) is 2.95. The predicted octanol–water partition coefficient (Wildman–Crippen LogP) is 1.69. The molecule has 1 aliphatic heterocycles. The van der Waals surface area contributed by atoms with E-state index in [9.17, 15) is 0 Å². The van der Waals surface area contributed by atoms with Crippen LogP contribution < -0.4 is 5.32 Å². The number of nitrogens with zero attached hydrogens (tertiary/aromatic N) is 3. The van der Waals surface area contributed by atoms with Gasteiger partial charge >= 0.3 is 0 Å². The van der Waals surface area contributed by atoms with E-state index in [1.165, 1.54) is 31.5 Å². The van der Waals surface area contributed by atoms with Gasteiger partial charge in [0.25, 0.3) is 0 Å². The number of aryl methyl sites for hydroxylation is 1. The lowest BCUT2D eigenvalue weighted by molar-refractivity contribution is 0.198. The zero-order valence-corrected chi connectivity index (χ0v) is 12.2. The van der Waals surface area contributed by atoms with Gasteiger partial charge in [0.15, 0.2) is 0 Å². The van der Waals surface area contributed by atoms with Crippen molar-refractivity contribution < 1.29 is 0 Å². The lowest BCUT2D eigenvalue weighted by Crippen LogP contribution is -2.39. The zero-order chi connectivity index (χ0) is 12.1. The Bertz CT molecular complexity index is 333. The zero-order valence-electron chi connectivity index (χ0n) is 11.4. The molecule has 1 unspecified atom stereocenters. The predicted molar refractivity (Wildman–Crippen MR) is 77.4 cm³/mol. The van der Waals surface area contributed by atoms with Gasteiger partial charge in [0.1, 0.15) is 0 Å². The van der Waals surface area contributed by atoms with E-state index >= 15 is 0 Å². The largest absolute Gasteiger partial charge is 0.315 e. The van der Waals surface area contributed by atoms with E-state index < -0.39 is 0 Å². The van der Waals surface area contributed by atoms with Crippen LogP contribution in [0.4, 0.5) is 0 Å². The van der Waals surface area contributed by atoms with Gasteiger partial charge in [-0.25, -0.2) is 0 Å². The first kappa shape index (κ1) is 15.5. The van der Waals surface area contributed by atoms with Crippen LogP contribution in [-0.4, -0.2) is 46.9 Å². The van der Waals surface area contributed by atoms with Gasteiger partial charge in [0, 0.05) is 25.3 Å². The topological polar surface area (TPSA) is 33.1 Å². The number of halogens is 1. The van der Waals surface area contributed by atoms with E-state index in [4.69, 9.17) is 0 Å². The van der Waals surface area contributed by atoms with Crippen molar-refractivity contribution in [3.8, 4) is 0 Å². The Morgan fingerprint density at radius 1 is 1.50 bits per heavy atom. The highest BCUT2D eigenvalue weighted by Gasteiger charge is 2.21. The molecule has 4 nitrogen and oxygen atoms in total. The molecule has 1 N–H and O–H groups in total. The van der Waals surface area contributed by atoms with E-state index in [1.807, 2.05) is 6.20 Å². The Morgan fingerprint density at radius 3 is 2.89 bits per heavy atom. The van der Waals surface area contributed by atoms with Crippen molar-refractivity contribution in [3.63, 3.8) is 0 Å². The summed E-state index contributed by atoms with van der Waals surface area (Å²) in [6.45, 7) is 9.99. The van der Waals surface area contributed by atoms with Crippen LogP contribution in [0, 0.1) is 6.92 Å². The molecule has 0 spiro atoms. The summed E-state index contributed by atoms with van der Waals surface area (Å²) in [4.78, 5) is 2.61. The molecule has 2 rings (SSSR count). The van der Waals surface area contributed by atoms with Gasteiger partial charge in [-0.15, -0.1) is 12.4 Å². The summed E-state index contributed by atoms with van der Waals surface area (Å²) in [5.41, 5.74) is 1.24. The van der Waals surface area contributed by atoms with E-state index in [1.54, 1.807) is 0 Å². The molecule has 1 atom stereocenters. The lowest BCUT2D eigenvalue weighted by Gasteiger charge is -2.27. The van der Waals surface area contributed by atoms with Gasteiger partial charge < -0.3 is 5.32 Å². The van der Waals surface area contributed by atoms with Crippen molar-refractivity contribution >= 4 is 12.4 Å². The second kappa shape index (κ2) is 7.77. The van der Waals surface area contributed by atoms with Gasteiger partial charge in [0.2, 0.25) is 0 Å². The molecule has 0 radical (unpaired) electrons. The summed E-state index contributed by atoms with van der Waals surface area (Å²) in [5.74, 6) is 0. The Labute approximate surface area is 116 Å². The molecular weight excluding hydrogens is 248 g/mol. The third kappa shape index (κ3) is 4.26. The Hall–Kier alpha value is -0.580. The van der Waals surface area contributed by atoms with Crippen molar-refractivity contribution in [1.29, 1.82) is 0 Å². The molecule has 1 saturated heterocycles. The maximum absolute atomic E-state index is 4.35. The van der Waals surface area contributed by atoms with Crippen molar-refractivity contribution in [2.45, 2.75) is 39.3 Å². The van der Waals surface area contributed by atoms with Gasteiger partial charge in [-0.2, -0.15) is 5.10 Å². The molecule has 5 heteroatoms. The second-order valence-electron chi connectivity index (χ2n) is 4.96. The third-order valence-corrected chi connectivity index (χ3v) is 3.44. The standard InChI is InChI=1S/C13H24N4.ClH/c1-3-6-16(13-4-5-14-10-13)7-8-17-11-12(2)9-15-17;/h9,11,13-14H,3-8,10H2,1-2H3;1H. The van der Waals surface area contributed by atoms with Crippen LogP contribution >= 0.6 is 12.4 Å². The van der Waals surface area contributed by atoms with Gasteiger partial charge in [0.05, 0.1) is 12.7 Å². The van der Waals surface area contributed by atoms with Crippen LogP contribution in [0.1, 0.15) is 25.3 Å². The number of rotatable bonds is 6. The molecule has 0 amide bonds. The van der Waals surface area contributed by atoms with Gasteiger partial charge in [-0.05, 0) is 38.4 Å². The first-order valence-corrected chi connectivity index (χ1v) is 6.73. The van der Waals surface area contributed by atoms with Crippen LogP contribution in [0.3, 0.4) is 0 Å². The minimum atomic E-state index is 0. The smallest absolute Gasteiger partial charge is 0.0536 e. The van der Waals surface area contributed by atoms with E-state index in [0.717, 1.165) is 25.7 Å². The number of hydrogen-bond donors (Lipinski definition) is 1. The fourth-order valence-electron chi connectivity index (χ4n) is 2.54. The highest BCUT2D eigenvalue weighted by molar-refractivity contribution is 5.85. The highest BCUT2D eigenvalue weighted by Crippen LogP contribution is 2.09. The molecule has 1 aromatic heterocycles. The molecule has 18 heavy (non-hydrogen) atoms. The van der Waals surface area contributed by atoms with E-state index in [-0.39, 0.29) is 12.4 Å². The molecule has 1 aliphatic rings. The lowest BCUT2D eigenvalue weighted by atomic mass is 10.2. The summed E-state index contributed by atoms with van der Waals surface area (Å²) >= 11 is 0. The Balaban J connectivity index is 0.00000162. The second-order valence-corrected chi connectivity index (χ2v) is 4.96. The Kier molecular flexibility index (Phi) is 6.68. The van der Waals surface area contributed by atoms with Crippen LogP contribution in [0.15, 0.2) is 12.4 Å². The summed E-state index contributed by atoms with van der Waals surface area (Å²) in [5, 5.41) is 7.80. The highest BCUT2D eigenvalue weighted by atomic mass is 35.5. The summed E-state index contributed by atoms with van der Waals surface area (Å²) in [7, 11) is 0. The molecule has 1 fully saturated rings. The molecule has 0 bridgehead atoms. The fraction of sp³-hybridized carbons (Fsp3) is 0.769. The third-order valence-electron chi connectivity index (χ3n) is 3.44. The van der Waals surface area contributed by atoms with Crippen molar-refractivity contribution in [3.05, 3.63) is 18.0 Å². The summed E-state index contributed by atoms with van der Waals surface area (Å²) in [6.07, 6.45) is 6.57. The van der Waals surface area contributed by atoms with Crippen LogP contribution in [0.5, 0.6) is 0 Å². The van der Waals surface area contributed by atoms with E-state index in [2.05, 4.69) is 40.0 Å². The number of aromatic nitrogens is 2. The average molecular weight is 273 g/mol. The summed E-state index contributed by atoms with van der Waals surface area (Å²) < 4.78 is 2.06. The summed E-state index contributed by atoms with van der Waals surface area (Å²) in [6, 6.07) is 0.728. The fourth-order valence-corrected chi connectivity index (χ4v) is 2.54. The molecule has 0 aliphatic carbocycles. The van der Waals surface area contributed by atoms with Crippen molar-refractivity contribution in [2.24, 2.45) is 0 Å². The molecule has 0 saturated carbocycles. The molecule has 104 valence electrons. The monoisotopic (exact) mass is 272 g/mol. The molecule has 1 aromatic rings. The minimum absolute atomic E-state index is 0. The maximum Gasteiger partial charge on any atom is 0.0536 e. The normalized spacial score (nSPS) is 19.2. The first-order chi connectivity index (χ1) is 8.29. The van der Waals surface area contributed by atoms with Crippen LogP contribution in [0.2, 0.25) is 0 Å². The van der Waals surface area contributed by atoms with E-state index in [0.29, 0.717) is 0 Å². The number of nitrogens with one attached hydrogen (secondary N) is 1. The SMILES string of the molecule is CCCN(CCn1cc(C)cn1)C1CCNC1.Cl. The molecule has 2 heterocycles. The quantitative estimate of drug-likeness (QED) is 0.856. The van der Waals surface area contributed by atoms with Crippen LogP contribution in [-0.2, 0) is 6.54 Å². The minimum Gasteiger partial charge on any atom is -0.315 e. The van der Waals surface area contributed by atoms with Crippen LogP contribution in [0.25, 0.3) is 0 Å². The van der Waals surface area contributed by atoms with Crippen molar-refractivity contribution in [2.75, 3.05) is 26.2 Å². The van der Waals surface area contributed by atoms with Crippen molar-refractivity contribution in [1.82, 2.24) is 20.0 Å². The molecule has 0 aromatic carbocycles.